The Hall–Kier alpha value is -3.74. The molecule has 3 atom stereocenters. The average Bonchev–Trinajstić information content (AvgIpc) is 3.31. The van der Waals surface area contributed by atoms with E-state index in [-0.39, 0.29) is 43.7 Å². The van der Waals surface area contributed by atoms with E-state index < -0.39 is 14.4 Å². The van der Waals surface area contributed by atoms with Crippen LogP contribution in [0.2, 0.25) is 18.1 Å². The van der Waals surface area contributed by atoms with Crippen molar-refractivity contribution in [1.29, 1.82) is 0 Å². The van der Waals surface area contributed by atoms with Gasteiger partial charge in [0.25, 0.3) is 5.91 Å². The van der Waals surface area contributed by atoms with Crippen LogP contribution in [0.15, 0.2) is 71.7 Å². The molecule has 44 heavy (non-hydrogen) atoms. The Morgan fingerprint density at radius 1 is 1.02 bits per heavy atom. The number of benzene rings is 3. The highest BCUT2D eigenvalue weighted by molar-refractivity contribution is 6.69. The number of methoxy groups -OCH3 is 1. The molecule has 10 nitrogen and oxygen atoms in total. The lowest BCUT2D eigenvalue weighted by atomic mass is 9.99. The molecule has 12 heteroatoms. The molecule has 5 rings (SSSR count). The summed E-state index contributed by atoms with van der Waals surface area (Å²) < 4.78 is 5.55. The maximum absolute atomic E-state index is 13.2. The van der Waals surface area contributed by atoms with E-state index in [1.807, 2.05) is 67.7 Å². The van der Waals surface area contributed by atoms with Crippen molar-refractivity contribution in [3.05, 3.63) is 94.0 Å². The normalized spacial score (nSPS) is 19.4. The molecule has 0 aliphatic carbocycles. The number of ether oxygens (including phenoxy) is 1. The van der Waals surface area contributed by atoms with E-state index in [0.717, 1.165) is 28.1 Å². The predicted octanol–water partition coefficient (Wildman–Crippen LogP) is 3.37. The topological polar surface area (TPSA) is 127 Å². The smallest absolute Gasteiger partial charge is 0.251 e. The van der Waals surface area contributed by atoms with Gasteiger partial charge in [-0.15, -0.1) is 0 Å². The number of hydrazine groups is 1. The SMILES string of the molecule is COc1ccc2c(c1)C(c1ccc(Cl)cc1)=NC(CC(=O)NCCNC(=O)c1ccc(C[Si](C)(C)O)cc1)C1NNC(C)N21. The summed E-state index contributed by atoms with van der Waals surface area (Å²) >= 11 is 6.19. The molecule has 1 fully saturated rings. The Labute approximate surface area is 264 Å². The molecule has 2 amide bonds. The van der Waals surface area contributed by atoms with Gasteiger partial charge in [-0.2, -0.15) is 0 Å². The summed E-state index contributed by atoms with van der Waals surface area (Å²) in [6.07, 6.45) is -0.210. The number of aliphatic imine (C=N–C) groups is 1. The standard InChI is InChI=1S/C32H39ClN6O4Si/c1-20-37-38-31-27(18-29(40)34-15-16-35-32(41)23-7-5-21(6-8-23)19-44(3,4)42)36-30(22-9-11-24(33)12-10-22)26-17-25(43-2)13-14-28(26)39(20)31/h5-14,17,20,27,31,37-38,42H,15-16,18-19H2,1-4H3,(H,34,40)(H,35,41). The molecular weight excluding hydrogens is 596 g/mol. The van der Waals surface area contributed by atoms with Crippen LogP contribution in [0.25, 0.3) is 0 Å². The zero-order valence-corrected chi connectivity index (χ0v) is 27.1. The highest BCUT2D eigenvalue weighted by Crippen LogP contribution is 2.36. The third-order valence-electron chi connectivity index (χ3n) is 7.65. The first-order chi connectivity index (χ1) is 21.0. The highest BCUT2D eigenvalue weighted by Gasteiger charge is 2.40. The summed E-state index contributed by atoms with van der Waals surface area (Å²) in [5.74, 6) is 0.319. The van der Waals surface area contributed by atoms with Gasteiger partial charge in [-0.05, 0) is 74.1 Å². The van der Waals surface area contributed by atoms with E-state index in [9.17, 15) is 14.4 Å². The van der Waals surface area contributed by atoms with Crippen molar-refractivity contribution in [2.24, 2.45) is 4.99 Å². The van der Waals surface area contributed by atoms with Crippen molar-refractivity contribution < 1.29 is 19.1 Å². The number of rotatable bonds is 10. The van der Waals surface area contributed by atoms with Crippen LogP contribution in [0, 0.1) is 0 Å². The molecule has 2 heterocycles. The van der Waals surface area contributed by atoms with Gasteiger partial charge in [0, 0.05) is 40.5 Å². The Morgan fingerprint density at radius 2 is 1.73 bits per heavy atom. The summed E-state index contributed by atoms with van der Waals surface area (Å²) in [4.78, 5) is 43.3. The molecule has 5 N–H and O–H groups in total. The number of nitrogens with one attached hydrogen (secondary N) is 4. The predicted molar refractivity (Wildman–Crippen MR) is 176 cm³/mol. The maximum atomic E-state index is 13.2. The summed E-state index contributed by atoms with van der Waals surface area (Å²) in [5, 5.41) is 6.42. The number of halogens is 1. The Bertz CT molecular complexity index is 1530. The van der Waals surface area contributed by atoms with Gasteiger partial charge in [-0.1, -0.05) is 35.9 Å². The Morgan fingerprint density at radius 3 is 2.41 bits per heavy atom. The first-order valence-electron chi connectivity index (χ1n) is 14.7. The largest absolute Gasteiger partial charge is 0.497 e. The minimum atomic E-state index is -2.22. The first kappa shape index (κ1) is 31.7. The molecule has 2 aliphatic rings. The number of hydrogen-bond acceptors (Lipinski definition) is 8. The van der Waals surface area contributed by atoms with Gasteiger partial charge in [0.2, 0.25) is 5.91 Å². The number of carbonyl (C=O) groups excluding carboxylic acids is 2. The van der Waals surface area contributed by atoms with E-state index in [0.29, 0.717) is 22.4 Å². The monoisotopic (exact) mass is 634 g/mol. The van der Waals surface area contributed by atoms with E-state index in [1.165, 1.54) is 0 Å². The number of nitrogens with zero attached hydrogens (tertiary/aromatic N) is 2. The van der Waals surface area contributed by atoms with Crippen molar-refractivity contribution in [3.8, 4) is 5.75 Å². The van der Waals surface area contributed by atoms with Crippen LogP contribution in [0.1, 0.15) is 40.4 Å². The second-order valence-electron chi connectivity index (χ2n) is 11.7. The van der Waals surface area contributed by atoms with Crippen LogP contribution in [-0.2, 0) is 10.8 Å². The zero-order valence-electron chi connectivity index (χ0n) is 25.4. The Kier molecular flexibility index (Phi) is 9.71. The molecule has 0 aromatic heterocycles. The molecule has 0 bridgehead atoms. The number of fused-ring (bicyclic) bond motifs is 3. The van der Waals surface area contributed by atoms with Gasteiger partial charge in [0.15, 0.2) is 8.32 Å². The van der Waals surface area contributed by atoms with Crippen LogP contribution in [0.5, 0.6) is 5.75 Å². The lowest BCUT2D eigenvalue weighted by Crippen LogP contribution is -2.48. The van der Waals surface area contributed by atoms with Crippen LogP contribution in [0.4, 0.5) is 5.69 Å². The fraction of sp³-hybridized carbons (Fsp3) is 0.344. The molecule has 0 saturated carbocycles. The van der Waals surface area contributed by atoms with Gasteiger partial charge in [-0.25, -0.2) is 10.9 Å². The van der Waals surface area contributed by atoms with Crippen molar-refractivity contribution >= 4 is 43.1 Å². The van der Waals surface area contributed by atoms with Crippen molar-refractivity contribution in [2.75, 3.05) is 25.1 Å². The van der Waals surface area contributed by atoms with Crippen LogP contribution >= 0.6 is 11.6 Å². The molecule has 3 aromatic carbocycles. The van der Waals surface area contributed by atoms with Gasteiger partial charge in [0.1, 0.15) is 11.9 Å². The second-order valence-corrected chi connectivity index (χ2v) is 16.2. The van der Waals surface area contributed by atoms with Crippen molar-refractivity contribution in [1.82, 2.24) is 21.5 Å². The number of amides is 2. The highest BCUT2D eigenvalue weighted by atomic mass is 35.5. The quantitative estimate of drug-likeness (QED) is 0.171. The summed E-state index contributed by atoms with van der Waals surface area (Å²) in [6, 6.07) is 20.9. The minimum absolute atomic E-state index is 0.0565. The van der Waals surface area contributed by atoms with Gasteiger partial charge >= 0.3 is 0 Å². The van der Waals surface area contributed by atoms with E-state index in [1.54, 1.807) is 19.2 Å². The van der Waals surface area contributed by atoms with E-state index in [4.69, 9.17) is 21.3 Å². The van der Waals surface area contributed by atoms with Crippen molar-refractivity contribution in [2.45, 2.75) is 50.9 Å². The molecule has 0 spiro atoms. The van der Waals surface area contributed by atoms with E-state index >= 15 is 0 Å². The van der Waals surface area contributed by atoms with Crippen LogP contribution < -0.4 is 31.1 Å². The summed E-state index contributed by atoms with van der Waals surface area (Å²) in [5.41, 5.74) is 11.7. The van der Waals surface area contributed by atoms with Gasteiger partial charge in [-0.3, -0.25) is 14.6 Å². The maximum Gasteiger partial charge on any atom is 0.251 e. The lowest BCUT2D eigenvalue weighted by molar-refractivity contribution is -0.121. The first-order valence-corrected chi connectivity index (χ1v) is 18.2. The average molecular weight is 635 g/mol. The summed E-state index contributed by atoms with van der Waals surface area (Å²) in [6.45, 7) is 6.38. The fourth-order valence-electron chi connectivity index (χ4n) is 5.60. The molecule has 232 valence electrons. The molecule has 1 saturated heterocycles. The number of carbonyl (C=O) groups is 2. The lowest BCUT2D eigenvalue weighted by Gasteiger charge is -2.31. The molecule has 0 radical (unpaired) electrons. The molecular formula is C32H39ClN6O4Si. The van der Waals surface area contributed by atoms with Crippen LogP contribution in [-0.4, -0.2) is 69.2 Å². The fourth-order valence-corrected chi connectivity index (χ4v) is 6.96. The van der Waals surface area contributed by atoms with Crippen molar-refractivity contribution in [3.63, 3.8) is 0 Å². The minimum Gasteiger partial charge on any atom is -0.497 e. The second kappa shape index (κ2) is 13.5. The Balaban J connectivity index is 1.27. The third kappa shape index (κ3) is 7.48. The van der Waals surface area contributed by atoms with Gasteiger partial charge < -0.3 is 25.1 Å². The van der Waals surface area contributed by atoms with Gasteiger partial charge in [0.05, 0.1) is 31.4 Å². The third-order valence-corrected chi connectivity index (χ3v) is 9.18. The number of anilines is 1. The van der Waals surface area contributed by atoms with E-state index in [2.05, 4.69) is 33.3 Å². The zero-order chi connectivity index (χ0) is 31.4. The summed E-state index contributed by atoms with van der Waals surface area (Å²) in [7, 11) is -0.589. The number of hydrogen-bond donors (Lipinski definition) is 5. The molecule has 2 aliphatic heterocycles. The molecule has 3 unspecified atom stereocenters. The molecule has 3 aromatic rings. The van der Waals surface area contributed by atoms with Crippen LogP contribution in [0.3, 0.4) is 0 Å².